The first-order valence-corrected chi connectivity index (χ1v) is 6.20. The topological polar surface area (TPSA) is 132 Å². The third-order valence-electron chi connectivity index (χ3n) is 2.02. The molecule has 0 fully saturated rings. The molecule has 0 atom stereocenters. The molecule has 21 heavy (non-hydrogen) atoms. The van der Waals surface area contributed by atoms with Gasteiger partial charge in [-0.15, -0.1) is 0 Å². The van der Waals surface area contributed by atoms with Gasteiger partial charge in [-0.1, -0.05) is 0 Å². The largest absolute Gasteiger partial charge is 0.477 e. The number of aromatic carboxylic acids is 1. The Kier molecular flexibility index (Phi) is 8.31. The Morgan fingerprint density at radius 3 is 1.62 bits per heavy atom. The monoisotopic (exact) mass is 296 g/mol. The van der Waals surface area contributed by atoms with E-state index in [1.165, 1.54) is 19.3 Å². The Morgan fingerprint density at radius 1 is 1.10 bits per heavy atom. The molecule has 116 valence electrons. The second-order valence-electron chi connectivity index (χ2n) is 3.94. The van der Waals surface area contributed by atoms with Crippen molar-refractivity contribution in [1.82, 2.24) is 19.9 Å². The van der Waals surface area contributed by atoms with Crippen LogP contribution >= 0.6 is 0 Å². The van der Waals surface area contributed by atoms with Crippen LogP contribution in [0.15, 0.2) is 12.4 Å². The summed E-state index contributed by atoms with van der Waals surface area (Å²) in [5.74, 6) is 0.443. The molecule has 8 heteroatoms. The molecule has 0 aliphatic carbocycles. The smallest absolute Gasteiger partial charge is 0.353 e. The minimum Gasteiger partial charge on any atom is -0.477 e. The van der Waals surface area contributed by atoms with Crippen LogP contribution in [0.4, 0.5) is 0 Å². The molecule has 0 aliphatic rings. The van der Waals surface area contributed by atoms with Gasteiger partial charge in [-0.25, -0.2) is 14.8 Å². The number of aryl methyl sites for hydroxylation is 2. The highest BCUT2D eigenvalue weighted by molar-refractivity contribution is 5.91. The van der Waals surface area contributed by atoms with Crippen LogP contribution in [0.1, 0.15) is 46.5 Å². The summed E-state index contributed by atoms with van der Waals surface area (Å²) in [5.41, 5.74) is 0.708. The zero-order valence-electron chi connectivity index (χ0n) is 12.5. The molecule has 0 aliphatic heterocycles. The first-order valence-electron chi connectivity index (χ1n) is 6.20. The fraction of sp³-hybridized carbons (Fsp3) is 0.385. The predicted octanol–water partition coefficient (Wildman–Crippen LogP) is 1.34. The van der Waals surface area contributed by atoms with E-state index in [-0.39, 0.29) is 18.1 Å². The van der Waals surface area contributed by atoms with E-state index in [9.17, 15) is 9.59 Å². The third kappa shape index (κ3) is 7.63. The van der Waals surface area contributed by atoms with Crippen LogP contribution in [-0.2, 0) is 0 Å². The lowest BCUT2D eigenvalue weighted by Gasteiger charge is -1.82. The number of carboxylic acids is 1. The predicted molar refractivity (Wildman–Crippen MR) is 76.4 cm³/mol. The normalized spacial score (nSPS) is 9.00. The molecule has 2 rings (SSSR count). The molecular formula is C13H20N4O4. The number of aliphatic hydroxyl groups excluding tert-OH is 1. The zero-order chi connectivity index (χ0) is 16.4. The summed E-state index contributed by atoms with van der Waals surface area (Å²) in [6.07, 6.45) is 2.83. The minimum absolute atomic E-state index is 0.0237. The van der Waals surface area contributed by atoms with Crippen molar-refractivity contribution >= 4 is 11.8 Å². The third-order valence-corrected chi connectivity index (χ3v) is 2.02. The molecule has 0 saturated heterocycles. The van der Waals surface area contributed by atoms with Gasteiger partial charge in [0.05, 0.1) is 12.4 Å². The Bertz CT molecular complexity index is 524. The number of hydrogen-bond donors (Lipinski definition) is 4. The van der Waals surface area contributed by atoms with Gasteiger partial charge in [0, 0.05) is 13.5 Å². The molecule has 2 aromatic rings. The van der Waals surface area contributed by atoms with Gasteiger partial charge in [-0.2, -0.15) is 0 Å². The molecule has 2 aromatic heterocycles. The van der Waals surface area contributed by atoms with Crippen LogP contribution in [0.2, 0.25) is 0 Å². The fourth-order valence-electron chi connectivity index (χ4n) is 1.13. The lowest BCUT2D eigenvalue weighted by molar-refractivity contribution is 0.0690. The number of imidazole rings is 2. The Hall–Kier alpha value is -2.48. The second kappa shape index (κ2) is 9.43. The van der Waals surface area contributed by atoms with E-state index in [1.807, 2.05) is 6.92 Å². The van der Waals surface area contributed by atoms with Gasteiger partial charge in [0.25, 0.3) is 0 Å². The highest BCUT2D eigenvalue weighted by Gasteiger charge is 2.02. The quantitative estimate of drug-likeness (QED) is 0.618. The van der Waals surface area contributed by atoms with Crippen LogP contribution in [-0.4, -0.2) is 48.5 Å². The molecule has 4 N–H and O–H groups in total. The number of hydrogen-bond acceptors (Lipinski definition) is 5. The van der Waals surface area contributed by atoms with E-state index in [4.69, 9.17) is 10.2 Å². The van der Waals surface area contributed by atoms with Crippen LogP contribution in [0.25, 0.3) is 0 Å². The number of aliphatic hydroxyl groups is 1. The molecule has 0 unspecified atom stereocenters. The number of rotatable bonds is 2. The SMILES string of the molecule is CC(=O)c1cnc(C)[nH]1.CCO.Cc1ncc(C(=O)O)[nH]1. The second-order valence-corrected chi connectivity index (χ2v) is 3.94. The van der Waals surface area contributed by atoms with Crippen molar-refractivity contribution in [1.29, 1.82) is 0 Å². The van der Waals surface area contributed by atoms with Crippen LogP contribution in [0.5, 0.6) is 0 Å². The van der Waals surface area contributed by atoms with Crippen LogP contribution in [0.3, 0.4) is 0 Å². The maximum Gasteiger partial charge on any atom is 0.353 e. The molecule has 0 radical (unpaired) electrons. The molecular weight excluding hydrogens is 276 g/mol. The van der Waals surface area contributed by atoms with Crippen molar-refractivity contribution in [2.24, 2.45) is 0 Å². The van der Waals surface area contributed by atoms with Crippen LogP contribution in [0, 0.1) is 13.8 Å². The average molecular weight is 296 g/mol. The van der Waals surface area contributed by atoms with Gasteiger partial charge in [-0.05, 0) is 20.8 Å². The summed E-state index contributed by atoms with van der Waals surface area (Å²) >= 11 is 0. The van der Waals surface area contributed by atoms with Gasteiger partial charge in [0.1, 0.15) is 23.0 Å². The summed E-state index contributed by atoms with van der Waals surface area (Å²) in [4.78, 5) is 33.7. The Labute approximate surface area is 122 Å². The first kappa shape index (κ1) is 18.5. The number of ketones is 1. The zero-order valence-corrected chi connectivity index (χ0v) is 12.5. The van der Waals surface area contributed by atoms with Gasteiger partial charge >= 0.3 is 5.97 Å². The van der Waals surface area contributed by atoms with Crippen molar-refractivity contribution in [3.05, 3.63) is 35.4 Å². The number of carbonyl (C=O) groups excluding carboxylic acids is 1. The molecule has 0 saturated carbocycles. The Balaban J connectivity index is 0.000000322. The highest BCUT2D eigenvalue weighted by atomic mass is 16.4. The molecule has 0 amide bonds. The Morgan fingerprint density at radius 2 is 1.48 bits per heavy atom. The summed E-state index contributed by atoms with van der Waals surface area (Å²) in [5, 5.41) is 15.9. The van der Waals surface area contributed by atoms with Crippen molar-refractivity contribution in [2.45, 2.75) is 27.7 Å². The maximum atomic E-state index is 10.6. The van der Waals surface area contributed by atoms with Crippen molar-refractivity contribution in [3.63, 3.8) is 0 Å². The van der Waals surface area contributed by atoms with Gasteiger partial charge in [0.2, 0.25) is 0 Å². The van der Waals surface area contributed by atoms with E-state index in [1.54, 1.807) is 13.8 Å². The van der Waals surface area contributed by atoms with Gasteiger partial charge in [0.15, 0.2) is 5.78 Å². The lowest BCUT2D eigenvalue weighted by Crippen LogP contribution is -1.95. The minimum atomic E-state index is -0.976. The van der Waals surface area contributed by atoms with Crippen molar-refractivity contribution in [2.75, 3.05) is 6.61 Å². The van der Waals surface area contributed by atoms with E-state index < -0.39 is 5.97 Å². The van der Waals surface area contributed by atoms with E-state index >= 15 is 0 Å². The molecule has 8 nitrogen and oxygen atoms in total. The van der Waals surface area contributed by atoms with E-state index in [0.29, 0.717) is 11.5 Å². The average Bonchev–Trinajstić information content (AvgIpc) is 3.00. The fourth-order valence-corrected chi connectivity index (χ4v) is 1.13. The summed E-state index contributed by atoms with van der Waals surface area (Å²) in [6.45, 7) is 6.95. The molecule has 0 aromatic carbocycles. The number of carboxylic acid groups (broad SMARTS) is 1. The summed E-state index contributed by atoms with van der Waals surface area (Å²) in [7, 11) is 0. The van der Waals surface area contributed by atoms with Gasteiger partial charge in [-0.3, -0.25) is 4.79 Å². The van der Waals surface area contributed by atoms with E-state index in [0.717, 1.165) is 5.82 Å². The number of Topliss-reactive ketones (excluding diaryl/α,β-unsaturated/α-hetero) is 1. The lowest BCUT2D eigenvalue weighted by atomic mass is 10.3. The van der Waals surface area contributed by atoms with Crippen LogP contribution < -0.4 is 0 Å². The number of nitrogens with zero attached hydrogens (tertiary/aromatic N) is 2. The van der Waals surface area contributed by atoms with E-state index in [2.05, 4.69) is 19.9 Å². The number of nitrogens with one attached hydrogen (secondary N) is 2. The first-order chi connectivity index (χ1) is 9.81. The maximum absolute atomic E-state index is 10.6. The number of aromatic amines is 2. The van der Waals surface area contributed by atoms with Crippen molar-refractivity contribution < 1.29 is 19.8 Å². The highest BCUT2D eigenvalue weighted by Crippen LogP contribution is 1.95. The molecule has 2 heterocycles. The number of aromatic nitrogens is 4. The molecule has 0 bridgehead atoms. The number of carbonyl (C=O) groups is 2. The summed E-state index contributed by atoms with van der Waals surface area (Å²) < 4.78 is 0. The molecule has 0 spiro atoms. The van der Waals surface area contributed by atoms with Crippen molar-refractivity contribution in [3.8, 4) is 0 Å². The summed E-state index contributed by atoms with van der Waals surface area (Å²) in [6, 6.07) is 0. The standard InChI is InChI=1S/C6H8N2O.C5H6N2O2.C2H6O/c1-4(9)6-3-7-5(2)8-6;1-3-6-2-4(7-3)5(8)9;1-2-3/h3H,1-2H3,(H,7,8);2H,1H3,(H,6,7)(H,8,9);3H,2H2,1H3. The van der Waals surface area contributed by atoms with Gasteiger partial charge < -0.3 is 20.2 Å². The number of H-pyrrole nitrogens is 2.